The van der Waals surface area contributed by atoms with Crippen LogP contribution < -0.4 is 15.4 Å². The number of amides is 3. The lowest BCUT2D eigenvalue weighted by molar-refractivity contribution is -0.143. The van der Waals surface area contributed by atoms with E-state index in [-0.39, 0.29) is 6.54 Å². The van der Waals surface area contributed by atoms with Crippen molar-refractivity contribution >= 4 is 35.0 Å². The molecule has 3 aliphatic heterocycles. The van der Waals surface area contributed by atoms with Gasteiger partial charge in [0.2, 0.25) is 17.7 Å². The van der Waals surface area contributed by atoms with Gasteiger partial charge in [-0.15, -0.1) is 0 Å². The molecule has 9 heteroatoms. The predicted octanol–water partition coefficient (Wildman–Crippen LogP) is 1.96. The number of aliphatic hydroxyl groups excluding tert-OH is 1. The summed E-state index contributed by atoms with van der Waals surface area (Å²) in [6.45, 7) is 3.36. The number of rotatable bonds is 4. The second-order valence-corrected chi connectivity index (χ2v) is 9.25. The van der Waals surface area contributed by atoms with Crippen LogP contribution in [0.1, 0.15) is 23.6 Å². The molecule has 3 amide bonds. The van der Waals surface area contributed by atoms with Crippen LogP contribution in [0, 0.1) is 18.8 Å². The Labute approximate surface area is 195 Å². The zero-order valence-corrected chi connectivity index (χ0v) is 19.1. The number of halogens is 1. The number of fused-ring (bicyclic) bond motifs is 4. The van der Waals surface area contributed by atoms with Gasteiger partial charge in [-0.05, 0) is 31.5 Å². The summed E-state index contributed by atoms with van der Waals surface area (Å²) in [6.07, 6.45) is -0.968. The number of benzene rings is 2. The third-order valence-corrected chi connectivity index (χ3v) is 7.56. The number of nitrogens with zero attached hydrogens (tertiary/aromatic N) is 1. The summed E-state index contributed by atoms with van der Waals surface area (Å²) in [4.78, 5) is 42.0. The molecule has 5 rings (SSSR count). The number of para-hydroxylation sites is 1. The standard InChI is InChI=1S/C24H24ClN3O5/c1-11-15(25)9-8-14-19(11)26-23(32)24(14)18-17(20(27-24)12(2)29)21(30)28(22(18)31)10-13-6-4-5-7-16(13)33-3/h4-9,12,17-18,20,27,29H,10H2,1-3H3,(H,26,32)/t12-,17-,18-,20-,24-/m0/s1. The van der Waals surface area contributed by atoms with E-state index < -0.39 is 47.2 Å². The number of methoxy groups -OCH3 is 1. The van der Waals surface area contributed by atoms with Gasteiger partial charge in [0, 0.05) is 22.2 Å². The van der Waals surface area contributed by atoms with Crippen molar-refractivity contribution in [1.29, 1.82) is 0 Å². The van der Waals surface area contributed by atoms with Crippen LogP contribution in [0.3, 0.4) is 0 Å². The molecule has 3 heterocycles. The van der Waals surface area contributed by atoms with Crippen molar-refractivity contribution in [3.05, 3.63) is 58.1 Å². The van der Waals surface area contributed by atoms with Gasteiger partial charge < -0.3 is 15.2 Å². The van der Waals surface area contributed by atoms with E-state index in [0.717, 1.165) is 0 Å². The lowest BCUT2D eigenvalue weighted by Gasteiger charge is -2.30. The van der Waals surface area contributed by atoms with Crippen molar-refractivity contribution in [3.8, 4) is 5.75 Å². The van der Waals surface area contributed by atoms with Crippen LogP contribution in [0.25, 0.3) is 0 Å². The van der Waals surface area contributed by atoms with Crippen LogP contribution in [0.5, 0.6) is 5.75 Å². The molecule has 33 heavy (non-hydrogen) atoms. The van der Waals surface area contributed by atoms with Gasteiger partial charge >= 0.3 is 0 Å². The molecule has 1 spiro atoms. The first kappa shape index (κ1) is 21.9. The SMILES string of the molecule is COc1ccccc1CN1C(=O)[C@@H]2[C@H]([C@H](C)O)N[C@]3(C(=O)Nc4c3ccc(Cl)c4C)[C@@H]2C1=O. The average molecular weight is 470 g/mol. The topological polar surface area (TPSA) is 108 Å². The molecule has 3 aliphatic rings. The molecule has 2 saturated heterocycles. The lowest BCUT2D eigenvalue weighted by atomic mass is 9.76. The Morgan fingerprint density at radius 1 is 1.18 bits per heavy atom. The van der Waals surface area contributed by atoms with E-state index in [1.165, 1.54) is 12.0 Å². The first-order valence-corrected chi connectivity index (χ1v) is 11.1. The number of hydrogen-bond donors (Lipinski definition) is 3. The fraction of sp³-hybridized carbons (Fsp3) is 0.375. The third kappa shape index (κ3) is 2.87. The molecule has 0 saturated carbocycles. The van der Waals surface area contributed by atoms with Crippen LogP contribution in [-0.4, -0.2) is 47.0 Å². The molecule has 8 nitrogen and oxygen atoms in total. The van der Waals surface area contributed by atoms with Gasteiger partial charge in [-0.1, -0.05) is 35.9 Å². The molecule has 5 atom stereocenters. The summed E-state index contributed by atoms with van der Waals surface area (Å²) in [5.74, 6) is -2.63. The van der Waals surface area contributed by atoms with Gasteiger partial charge in [-0.25, -0.2) is 0 Å². The number of hydrogen-bond acceptors (Lipinski definition) is 6. The van der Waals surface area contributed by atoms with Crippen molar-refractivity contribution < 1.29 is 24.2 Å². The molecular formula is C24H24ClN3O5. The summed E-state index contributed by atoms with van der Waals surface area (Å²) in [6, 6.07) is 9.77. The Balaban J connectivity index is 1.63. The smallest absolute Gasteiger partial charge is 0.250 e. The predicted molar refractivity (Wildman–Crippen MR) is 121 cm³/mol. The zero-order valence-electron chi connectivity index (χ0n) is 18.4. The minimum Gasteiger partial charge on any atom is -0.496 e. The molecule has 0 radical (unpaired) electrons. The van der Waals surface area contributed by atoms with Gasteiger partial charge in [-0.2, -0.15) is 0 Å². The maximum atomic E-state index is 13.8. The number of aliphatic hydroxyl groups is 1. The number of anilines is 1. The molecular weight excluding hydrogens is 446 g/mol. The highest BCUT2D eigenvalue weighted by atomic mass is 35.5. The molecule has 2 aromatic carbocycles. The third-order valence-electron chi connectivity index (χ3n) is 7.15. The first-order valence-electron chi connectivity index (χ1n) is 10.8. The zero-order chi connectivity index (χ0) is 23.7. The second-order valence-electron chi connectivity index (χ2n) is 8.85. The van der Waals surface area contributed by atoms with Crippen LogP contribution in [0.4, 0.5) is 5.69 Å². The number of nitrogens with one attached hydrogen (secondary N) is 2. The minimum absolute atomic E-state index is 0.0193. The maximum absolute atomic E-state index is 13.8. The molecule has 2 fully saturated rings. The highest BCUT2D eigenvalue weighted by Gasteiger charge is 2.71. The van der Waals surface area contributed by atoms with Gasteiger partial charge in [0.15, 0.2) is 0 Å². The largest absolute Gasteiger partial charge is 0.496 e. The van der Waals surface area contributed by atoms with Gasteiger partial charge in [0.05, 0.1) is 37.3 Å². The van der Waals surface area contributed by atoms with Crippen LogP contribution >= 0.6 is 11.6 Å². The highest BCUT2D eigenvalue weighted by molar-refractivity contribution is 6.32. The summed E-state index contributed by atoms with van der Waals surface area (Å²) in [5, 5.41) is 17.1. The van der Waals surface area contributed by atoms with Crippen molar-refractivity contribution in [3.63, 3.8) is 0 Å². The van der Waals surface area contributed by atoms with Crippen LogP contribution in [0.2, 0.25) is 5.02 Å². The monoisotopic (exact) mass is 469 g/mol. The van der Waals surface area contributed by atoms with Crippen molar-refractivity contribution in [1.82, 2.24) is 10.2 Å². The first-order chi connectivity index (χ1) is 15.7. The maximum Gasteiger partial charge on any atom is 0.250 e. The van der Waals surface area contributed by atoms with E-state index in [1.54, 1.807) is 50.2 Å². The Bertz CT molecular complexity index is 1200. The van der Waals surface area contributed by atoms with Gasteiger partial charge in [0.1, 0.15) is 11.3 Å². The van der Waals surface area contributed by atoms with Crippen molar-refractivity contribution in [2.75, 3.05) is 12.4 Å². The Hall–Kier alpha value is -2.94. The number of ether oxygens (including phenoxy) is 1. The van der Waals surface area contributed by atoms with Crippen molar-refractivity contribution in [2.24, 2.45) is 11.8 Å². The molecule has 0 aromatic heterocycles. The summed E-state index contributed by atoms with van der Waals surface area (Å²) < 4.78 is 5.38. The van der Waals surface area contributed by atoms with E-state index >= 15 is 0 Å². The van der Waals surface area contributed by atoms with Crippen LogP contribution in [0.15, 0.2) is 36.4 Å². The van der Waals surface area contributed by atoms with E-state index in [2.05, 4.69) is 10.6 Å². The van der Waals surface area contributed by atoms with E-state index in [0.29, 0.717) is 33.1 Å². The Morgan fingerprint density at radius 3 is 2.61 bits per heavy atom. The fourth-order valence-corrected chi connectivity index (χ4v) is 5.71. The number of imide groups is 1. The Morgan fingerprint density at radius 2 is 1.91 bits per heavy atom. The summed E-state index contributed by atoms with van der Waals surface area (Å²) in [7, 11) is 1.52. The van der Waals surface area contributed by atoms with Crippen molar-refractivity contribution in [2.45, 2.75) is 38.1 Å². The molecule has 0 aliphatic carbocycles. The molecule has 172 valence electrons. The van der Waals surface area contributed by atoms with Gasteiger partial charge in [0.25, 0.3) is 0 Å². The molecule has 0 unspecified atom stereocenters. The van der Waals surface area contributed by atoms with E-state index in [4.69, 9.17) is 16.3 Å². The van der Waals surface area contributed by atoms with Gasteiger partial charge in [-0.3, -0.25) is 24.6 Å². The summed E-state index contributed by atoms with van der Waals surface area (Å²) in [5.41, 5.74) is 0.984. The van der Waals surface area contributed by atoms with E-state index in [9.17, 15) is 19.5 Å². The average Bonchev–Trinajstić information content (AvgIpc) is 3.38. The Kier molecular flexibility index (Phi) is 5.00. The molecule has 0 bridgehead atoms. The number of carbonyl (C=O) groups is 3. The van der Waals surface area contributed by atoms with Crippen LogP contribution in [-0.2, 0) is 26.5 Å². The number of carbonyl (C=O) groups excluding carboxylic acids is 3. The van der Waals surface area contributed by atoms with E-state index in [1.807, 2.05) is 0 Å². The fourth-order valence-electron chi connectivity index (χ4n) is 5.55. The quantitative estimate of drug-likeness (QED) is 0.591. The number of likely N-dealkylation sites (tertiary alicyclic amines) is 1. The normalized spacial score (nSPS) is 28.8. The summed E-state index contributed by atoms with van der Waals surface area (Å²) >= 11 is 6.27. The molecule has 2 aromatic rings. The minimum atomic E-state index is -1.47. The molecule has 3 N–H and O–H groups in total. The lowest BCUT2D eigenvalue weighted by Crippen LogP contribution is -2.54. The second kappa shape index (κ2) is 7.55. The highest BCUT2D eigenvalue weighted by Crippen LogP contribution is 2.54.